The summed E-state index contributed by atoms with van der Waals surface area (Å²) in [5, 5.41) is 11.6. The Bertz CT molecular complexity index is 1170. The molecule has 0 amide bonds. The summed E-state index contributed by atoms with van der Waals surface area (Å²) in [5.74, 6) is -1.82. The Morgan fingerprint density at radius 2 is 1.07 bits per heavy atom. The highest BCUT2D eigenvalue weighted by Crippen LogP contribution is 2.11. The number of allylic oxidation sites excluding steroid dienone is 14. The molecule has 0 aliphatic rings. The van der Waals surface area contributed by atoms with Crippen LogP contribution in [-0.4, -0.2) is 75.5 Å². The quantitative estimate of drug-likeness (QED) is 0.0206. The van der Waals surface area contributed by atoms with Crippen molar-refractivity contribution in [3.63, 3.8) is 0 Å². The number of hydrogen-bond acceptors (Lipinski definition) is 7. The summed E-state index contributed by atoms with van der Waals surface area (Å²) >= 11 is 0. The first-order chi connectivity index (χ1) is 26.6. The molecule has 8 heteroatoms. The van der Waals surface area contributed by atoms with Crippen LogP contribution in [0.5, 0.6) is 0 Å². The molecule has 2 unspecified atom stereocenters. The molecule has 0 spiro atoms. The van der Waals surface area contributed by atoms with Gasteiger partial charge in [-0.2, -0.15) is 0 Å². The lowest BCUT2D eigenvalue weighted by Gasteiger charge is -2.34. The Labute approximate surface area is 335 Å². The fourth-order valence-corrected chi connectivity index (χ4v) is 5.48. The summed E-state index contributed by atoms with van der Waals surface area (Å²) in [6.07, 6.45) is 47.5. The number of carbonyl (C=O) groups is 3. The Balaban J connectivity index is 4.45. The van der Waals surface area contributed by atoms with Gasteiger partial charge in [-0.3, -0.25) is 9.59 Å². The smallest absolute Gasteiger partial charge is 0.306 e. The molecular weight excluding hydrogens is 691 g/mol. The molecular formula is C47H77NO7. The van der Waals surface area contributed by atoms with Crippen molar-refractivity contribution < 1.29 is 38.2 Å². The zero-order chi connectivity index (χ0) is 40.7. The van der Waals surface area contributed by atoms with Crippen LogP contribution in [-0.2, 0) is 28.6 Å². The molecule has 55 heavy (non-hydrogen) atoms. The lowest BCUT2D eigenvalue weighted by Crippen LogP contribution is -2.55. The summed E-state index contributed by atoms with van der Waals surface area (Å²) in [6, 6.07) is -0.738. The third-order valence-corrected chi connectivity index (χ3v) is 8.79. The fourth-order valence-electron chi connectivity index (χ4n) is 5.48. The monoisotopic (exact) mass is 768 g/mol. The van der Waals surface area contributed by atoms with Gasteiger partial charge in [-0.25, -0.2) is 0 Å². The molecule has 0 heterocycles. The van der Waals surface area contributed by atoms with E-state index in [1.54, 1.807) is 21.1 Å². The summed E-state index contributed by atoms with van der Waals surface area (Å²) in [6.45, 7) is 4.41. The zero-order valence-electron chi connectivity index (χ0n) is 35.3. The maximum Gasteiger partial charge on any atom is 0.306 e. The average Bonchev–Trinajstić information content (AvgIpc) is 3.14. The number of carboxylic acid groups (broad SMARTS) is 1. The maximum absolute atomic E-state index is 12.7. The Morgan fingerprint density at radius 1 is 0.582 bits per heavy atom. The molecule has 0 saturated heterocycles. The second-order valence-electron chi connectivity index (χ2n) is 14.9. The van der Waals surface area contributed by atoms with Gasteiger partial charge in [0.05, 0.1) is 40.3 Å². The molecule has 0 aliphatic heterocycles. The van der Waals surface area contributed by atoms with Crippen molar-refractivity contribution in [2.75, 3.05) is 41.0 Å². The van der Waals surface area contributed by atoms with E-state index in [0.29, 0.717) is 6.42 Å². The summed E-state index contributed by atoms with van der Waals surface area (Å²) in [5.41, 5.74) is 0. The number of hydrogen-bond donors (Lipinski definition) is 0. The van der Waals surface area contributed by atoms with Crippen molar-refractivity contribution in [3.05, 3.63) is 85.1 Å². The minimum absolute atomic E-state index is 0.0163. The van der Waals surface area contributed by atoms with Crippen LogP contribution in [0.2, 0.25) is 0 Å². The summed E-state index contributed by atoms with van der Waals surface area (Å²) in [7, 11) is 5.37. The summed E-state index contributed by atoms with van der Waals surface area (Å²) < 4.78 is 17.1. The third-order valence-electron chi connectivity index (χ3n) is 8.79. The minimum atomic E-state index is -1.14. The Hall–Kier alpha value is -3.49. The fraction of sp³-hybridized carbons (Fsp3) is 0.638. The molecule has 8 nitrogen and oxygen atoms in total. The maximum atomic E-state index is 12.7. The predicted octanol–water partition coefficient (Wildman–Crippen LogP) is 10.0. The molecule has 0 rings (SSSR count). The molecule has 0 bridgehead atoms. The average molecular weight is 768 g/mol. The highest BCUT2D eigenvalue weighted by molar-refractivity contribution is 5.70. The first-order valence-electron chi connectivity index (χ1n) is 21.1. The molecule has 0 N–H and O–H groups in total. The van der Waals surface area contributed by atoms with Crippen LogP contribution in [0.15, 0.2) is 85.1 Å². The molecule has 0 saturated carbocycles. The van der Waals surface area contributed by atoms with Crippen molar-refractivity contribution in [2.45, 2.75) is 154 Å². The van der Waals surface area contributed by atoms with Gasteiger partial charge in [0, 0.05) is 19.3 Å². The van der Waals surface area contributed by atoms with E-state index in [9.17, 15) is 19.5 Å². The van der Waals surface area contributed by atoms with Crippen molar-refractivity contribution in [3.8, 4) is 0 Å². The van der Waals surface area contributed by atoms with Crippen LogP contribution in [0.25, 0.3) is 0 Å². The van der Waals surface area contributed by atoms with Gasteiger partial charge in [0.2, 0.25) is 0 Å². The van der Waals surface area contributed by atoms with Gasteiger partial charge in [-0.15, -0.1) is 0 Å². The van der Waals surface area contributed by atoms with Gasteiger partial charge in [0.25, 0.3) is 0 Å². The van der Waals surface area contributed by atoms with Crippen LogP contribution >= 0.6 is 0 Å². The van der Waals surface area contributed by atoms with E-state index < -0.39 is 18.1 Å². The van der Waals surface area contributed by atoms with Crippen LogP contribution in [0.3, 0.4) is 0 Å². The normalized spacial score (nSPS) is 13.8. The standard InChI is InChI=1S/C47H77NO7/c1-6-8-10-12-14-16-18-19-20-21-22-23-24-25-26-28-30-32-34-36-38-46(50)55-43(41-53-40-39-44(47(51)52)48(3,4)5)42-54-45(49)37-35-33-31-29-27-17-15-13-11-9-7-2/h8,10,13-17,19-20,22-23,25-27,43-44H,6-7,9,11-12,18,21,24,28-42H2,1-5H3/b10-8+,15-13+,16-14+,20-19+,23-22+,26-25+,27-17+. The van der Waals surface area contributed by atoms with Crippen LogP contribution in [0.4, 0.5) is 0 Å². The molecule has 312 valence electrons. The van der Waals surface area contributed by atoms with Crippen molar-refractivity contribution in [1.29, 1.82) is 0 Å². The van der Waals surface area contributed by atoms with Crippen molar-refractivity contribution in [1.82, 2.24) is 0 Å². The first kappa shape index (κ1) is 51.5. The molecule has 0 aromatic rings. The number of nitrogens with zero attached hydrogens (tertiary/aromatic N) is 1. The van der Waals surface area contributed by atoms with Gasteiger partial charge in [-0.1, -0.05) is 131 Å². The predicted molar refractivity (Wildman–Crippen MR) is 226 cm³/mol. The van der Waals surface area contributed by atoms with E-state index in [0.717, 1.165) is 96.3 Å². The molecule has 2 atom stereocenters. The number of esters is 2. The molecule has 0 aromatic carbocycles. The van der Waals surface area contributed by atoms with E-state index >= 15 is 0 Å². The number of unbranched alkanes of at least 4 members (excludes halogenated alkanes) is 9. The number of carboxylic acids is 1. The molecule has 0 radical (unpaired) electrons. The van der Waals surface area contributed by atoms with E-state index in [2.05, 4.69) is 98.9 Å². The highest BCUT2D eigenvalue weighted by atomic mass is 16.6. The van der Waals surface area contributed by atoms with Crippen LogP contribution in [0, 0.1) is 0 Å². The van der Waals surface area contributed by atoms with Gasteiger partial charge in [-0.05, 0) is 77.0 Å². The number of ether oxygens (including phenoxy) is 3. The van der Waals surface area contributed by atoms with Gasteiger partial charge in [0.15, 0.2) is 6.10 Å². The second kappa shape index (κ2) is 37.4. The lowest BCUT2D eigenvalue weighted by atomic mass is 10.1. The first-order valence-corrected chi connectivity index (χ1v) is 21.1. The Morgan fingerprint density at radius 3 is 1.62 bits per heavy atom. The van der Waals surface area contributed by atoms with E-state index in [1.807, 2.05) is 0 Å². The minimum Gasteiger partial charge on any atom is -0.544 e. The molecule has 0 aromatic heterocycles. The molecule has 0 aliphatic carbocycles. The Kier molecular flexibility index (Phi) is 35.1. The van der Waals surface area contributed by atoms with Gasteiger partial charge in [0.1, 0.15) is 12.6 Å². The van der Waals surface area contributed by atoms with E-state index in [4.69, 9.17) is 14.2 Å². The highest BCUT2D eigenvalue weighted by Gasteiger charge is 2.25. The van der Waals surface area contributed by atoms with Crippen LogP contribution in [0.1, 0.15) is 142 Å². The number of aliphatic carboxylic acids is 1. The topological polar surface area (TPSA) is 102 Å². The largest absolute Gasteiger partial charge is 0.544 e. The SMILES string of the molecule is CC/C=C/C/C=C/C/C=C/C/C=C/C/C=C/CCCCCCC(=O)OC(COCCC(C(=O)[O-])[N+](C)(C)C)COC(=O)CCCCC/C=C/C=C/CCCC. The van der Waals surface area contributed by atoms with E-state index in [-0.39, 0.29) is 49.1 Å². The van der Waals surface area contributed by atoms with Crippen molar-refractivity contribution >= 4 is 17.9 Å². The van der Waals surface area contributed by atoms with Crippen molar-refractivity contribution in [2.24, 2.45) is 0 Å². The number of likely N-dealkylation sites (N-methyl/N-ethyl adjacent to an activating group) is 1. The second-order valence-corrected chi connectivity index (χ2v) is 14.9. The van der Waals surface area contributed by atoms with Crippen LogP contribution < -0.4 is 5.11 Å². The molecule has 0 fully saturated rings. The van der Waals surface area contributed by atoms with Gasteiger partial charge >= 0.3 is 11.9 Å². The lowest BCUT2D eigenvalue weighted by molar-refractivity contribution is -0.889. The number of quaternary nitrogens is 1. The van der Waals surface area contributed by atoms with Gasteiger partial charge < -0.3 is 28.6 Å². The third kappa shape index (κ3) is 35.9. The number of carbonyl (C=O) groups excluding carboxylic acids is 3. The zero-order valence-corrected chi connectivity index (χ0v) is 35.3. The van der Waals surface area contributed by atoms with E-state index in [1.165, 1.54) is 12.8 Å². The number of rotatable bonds is 36. The summed E-state index contributed by atoms with van der Waals surface area (Å²) in [4.78, 5) is 36.7.